The number of hydrogen-bond acceptors (Lipinski definition) is 3. The number of amides is 1. The normalized spacial score (nSPS) is 17.0. The predicted molar refractivity (Wildman–Crippen MR) is 82.1 cm³/mol. The van der Waals surface area contributed by atoms with Gasteiger partial charge >= 0.3 is 0 Å². The van der Waals surface area contributed by atoms with Crippen molar-refractivity contribution in [3.63, 3.8) is 0 Å². The second-order valence-corrected chi connectivity index (χ2v) is 5.62. The Bertz CT molecular complexity index is 650. The van der Waals surface area contributed by atoms with Crippen LogP contribution in [-0.2, 0) is 0 Å². The van der Waals surface area contributed by atoms with Crippen molar-refractivity contribution in [3.8, 4) is 6.07 Å². The van der Waals surface area contributed by atoms with Gasteiger partial charge in [0.05, 0.1) is 18.3 Å². The molecule has 1 amide bonds. The third kappa shape index (κ3) is 2.89. The summed E-state index contributed by atoms with van der Waals surface area (Å²) in [5.41, 5.74) is 1.07. The Morgan fingerprint density at radius 3 is 2.50 bits per heavy atom. The van der Waals surface area contributed by atoms with E-state index in [9.17, 15) is 10.1 Å². The molecule has 22 heavy (non-hydrogen) atoms. The zero-order chi connectivity index (χ0) is 15.4. The number of nitrogens with zero attached hydrogens (tertiary/aromatic N) is 2. The average molecular weight is 294 g/mol. The van der Waals surface area contributed by atoms with Gasteiger partial charge in [-0.05, 0) is 36.5 Å². The third-order valence-electron chi connectivity index (χ3n) is 4.33. The second kappa shape index (κ2) is 6.48. The molecule has 0 aliphatic carbocycles. The maximum atomic E-state index is 12.2. The first-order valence-corrected chi connectivity index (χ1v) is 7.57. The highest BCUT2D eigenvalue weighted by Gasteiger charge is 2.30. The van der Waals surface area contributed by atoms with Gasteiger partial charge in [-0.2, -0.15) is 5.26 Å². The molecule has 1 saturated heterocycles. The second-order valence-electron chi connectivity index (χ2n) is 5.62. The zero-order valence-electron chi connectivity index (χ0n) is 12.3. The van der Waals surface area contributed by atoms with Crippen LogP contribution in [0, 0.1) is 17.2 Å². The lowest BCUT2D eigenvalue weighted by molar-refractivity contribution is 0.0653. The third-order valence-corrected chi connectivity index (χ3v) is 4.33. The predicted octanol–water partition coefficient (Wildman–Crippen LogP) is 3.44. The molecule has 1 aromatic heterocycles. The van der Waals surface area contributed by atoms with Crippen LogP contribution in [0.15, 0.2) is 53.1 Å². The molecule has 4 nitrogen and oxygen atoms in total. The van der Waals surface area contributed by atoms with E-state index >= 15 is 0 Å². The molecule has 1 aliphatic rings. The van der Waals surface area contributed by atoms with E-state index in [4.69, 9.17) is 4.42 Å². The number of rotatable bonds is 3. The van der Waals surface area contributed by atoms with Crippen LogP contribution in [0.25, 0.3) is 0 Å². The van der Waals surface area contributed by atoms with E-state index in [1.165, 1.54) is 6.26 Å². The molecule has 1 fully saturated rings. The summed E-state index contributed by atoms with van der Waals surface area (Å²) in [5.74, 6) is 0.533. The van der Waals surface area contributed by atoms with Crippen LogP contribution >= 0.6 is 0 Å². The minimum atomic E-state index is -0.0953. The number of likely N-dealkylation sites (tertiary alicyclic amines) is 1. The molecule has 0 unspecified atom stereocenters. The van der Waals surface area contributed by atoms with Crippen LogP contribution in [0.4, 0.5) is 0 Å². The van der Waals surface area contributed by atoms with Crippen LogP contribution in [-0.4, -0.2) is 23.9 Å². The van der Waals surface area contributed by atoms with Gasteiger partial charge in [-0.25, -0.2) is 0 Å². The Morgan fingerprint density at radius 1 is 1.18 bits per heavy atom. The van der Waals surface area contributed by atoms with Crippen molar-refractivity contribution in [2.75, 3.05) is 13.1 Å². The Morgan fingerprint density at radius 2 is 1.91 bits per heavy atom. The molecule has 2 heterocycles. The molecule has 0 saturated carbocycles. The molecule has 2 aromatic rings. The summed E-state index contributed by atoms with van der Waals surface area (Å²) in [5, 5.41) is 9.51. The standard InChI is InChI=1S/C18H18N2O2/c19-13-16(14-5-2-1-3-6-14)15-8-10-20(11-9-15)18(21)17-7-4-12-22-17/h1-7,12,15-16H,8-11H2/t16-/m0/s1. The maximum Gasteiger partial charge on any atom is 0.289 e. The fraction of sp³-hybridized carbons (Fsp3) is 0.333. The molecular formula is C18H18N2O2. The number of carbonyl (C=O) groups excluding carboxylic acids is 1. The number of hydrogen-bond donors (Lipinski definition) is 0. The Labute approximate surface area is 130 Å². The van der Waals surface area contributed by atoms with Crippen LogP contribution in [0.2, 0.25) is 0 Å². The van der Waals surface area contributed by atoms with E-state index in [1.807, 2.05) is 35.2 Å². The Kier molecular flexibility index (Phi) is 4.24. The molecule has 112 valence electrons. The highest BCUT2D eigenvalue weighted by molar-refractivity contribution is 5.91. The van der Waals surface area contributed by atoms with Crippen molar-refractivity contribution < 1.29 is 9.21 Å². The summed E-state index contributed by atoms with van der Waals surface area (Å²) in [6.07, 6.45) is 3.21. The van der Waals surface area contributed by atoms with Crippen LogP contribution in [0.5, 0.6) is 0 Å². The van der Waals surface area contributed by atoms with Crippen LogP contribution < -0.4 is 0 Å². The first kappa shape index (κ1) is 14.4. The monoisotopic (exact) mass is 294 g/mol. The van der Waals surface area contributed by atoms with Crippen LogP contribution in [0.3, 0.4) is 0 Å². The number of carbonyl (C=O) groups is 1. The van der Waals surface area contributed by atoms with Gasteiger partial charge in [0.1, 0.15) is 0 Å². The highest BCUT2D eigenvalue weighted by Crippen LogP contribution is 2.32. The van der Waals surface area contributed by atoms with E-state index < -0.39 is 0 Å². The summed E-state index contributed by atoms with van der Waals surface area (Å²) in [7, 11) is 0. The number of furan rings is 1. The van der Waals surface area contributed by atoms with Gasteiger partial charge < -0.3 is 9.32 Å². The summed E-state index contributed by atoms with van der Waals surface area (Å²) < 4.78 is 5.17. The first-order valence-electron chi connectivity index (χ1n) is 7.57. The van der Waals surface area contributed by atoms with E-state index in [0.717, 1.165) is 18.4 Å². The van der Waals surface area contributed by atoms with E-state index in [-0.39, 0.29) is 11.8 Å². The molecule has 0 bridgehead atoms. The topological polar surface area (TPSA) is 57.2 Å². The van der Waals surface area contributed by atoms with E-state index in [2.05, 4.69) is 6.07 Å². The summed E-state index contributed by atoms with van der Waals surface area (Å²) >= 11 is 0. The molecule has 0 radical (unpaired) electrons. The van der Waals surface area contributed by atoms with Gasteiger partial charge in [0.25, 0.3) is 5.91 Å². The molecule has 4 heteroatoms. The Hall–Kier alpha value is -2.54. The van der Waals surface area contributed by atoms with Crippen molar-refractivity contribution >= 4 is 5.91 Å². The lowest BCUT2D eigenvalue weighted by atomic mass is 9.81. The average Bonchev–Trinajstić information content (AvgIpc) is 3.11. The molecule has 1 aromatic carbocycles. The van der Waals surface area contributed by atoms with Crippen molar-refractivity contribution in [2.24, 2.45) is 5.92 Å². The molecule has 0 spiro atoms. The summed E-state index contributed by atoms with van der Waals surface area (Å²) in [4.78, 5) is 14.1. The van der Waals surface area contributed by atoms with Gasteiger partial charge in [0.2, 0.25) is 0 Å². The Balaban J connectivity index is 1.64. The zero-order valence-corrected chi connectivity index (χ0v) is 12.3. The number of benzene rings is 1. The van der Waals surface area contributed by atoms with Crippen molar-refractivity contribution in [2.45, 2.75) is 18.8 Å². The minimum absolute atomic E-state index is 0.0586. The molecular weight excluding hydrogens is 276 g/mol. The highest BCUT2D eigenvalue weighted by atomic mass is 16.3. The summed E-state index contributed by atoms with van der Waals surface area (Å²) in [6, 6.07) is 15.8. The molecule has 3 rings (SSSR count). The largest absolute Gasteiger partial charge is 0.459 e. The van der Waals surface area contributed by atoms with Gasteiger partial charge in [-0.3, -0.25) is 4.79 Å². The fourth-order valence-corrected chi connectivity index (χ4v) is 3.10. The lowest BCUT2D eigenvalue weighted by Crippen LogP contribution is -2.39. The van der Waals surface area contributed by atoms with Crippen LogP contribution in [0.1, 0.15) is 34.9 Å². The van der Waals surface area contributed by atoms with Gasteiger partial charge in [0, 0.05) is 13.1 Å². The van der Waals surface area contributed by atoms with Crippen molar-refractivity contribution in [1.82, 2.24) is 4.90 Å². The van der Waals surface area contributed by atoms with Gasteiger partial charge in [0.15, 0.2) is 5.76 Å². The summed E-state index contributed by atoms with van der Waals surface area (Å²) in [6.45, 7) is 1.35. The fourth-order valence-electron chi connectivity index (χ4n) is 3.10. The van der Waals surface area contributed by atoms with E-state index in [0.29, 0.717) is 24.8 Å². The first-order chi connectivity index (χ1) is 10.8. The van der Waals surface area contributed by atoms with E-state index in [1.54, 1.807) is 12.1 Å². The molecule has 1 aliphatic heterocycles. The van der Waals surface area contributed by atoms with Gasteiger partial charge in [-0.1, -0.05) is 30.3 Å². The lowest BCUT2D eigenvalue weighted by Gasteiger charge is -2.33. The van der Waals surface area contributed by atoms with Crippen molar-refractivity contribution in [1.29, 1.82) is 5.26 Å². The van der Waals surface area contributed by atoms with Gasteiger partial charge in [-0.15, -0.1) is 0 Å². The quantitative estimate of drug-likeness (QED) is 0.871. The van der Waals surface area contributed by atoms with Crippen molar-refractivity contribution in [3.05, 3.63) is 60.1 Å². The molecule has 1 atom stereocenters. The number of piperidine rings is 1. The maximum absolute atomic E-state index is 12.2. The SMILES string of the molecule is N#C[C@@H](c1ccccc1)C1CCN(C(=O)c2ccco2)CC1. The molecule has 0 N–H and O–H groups in total. The number of nitriles is 1. The smallest absolute Gasteiger partial charge is 0.289 e. The minimum Gasteiger partial charge on any atom is -0.459 e.